The van der Waals surface area contributed by atoms with Crippen LogP contribution in [0.4, 0.5) is 11.9 Å². The van der Waals surface area contributed by atoms with E-state index >= 15 is 0 Å². The van der Waals surface area contributed by atoms with Crippen molar-refractivity contribution in [3.8, 4) is 6.01 Å². The minimum Gasteiger partial charge on any atom is -0.467 e. The van der Waals surface area contributed by atoms with Crippen molar-refractivity contribution in [2.75, 3.05) is 37.5 Å². The average molecular weight is 267 g/mol. The lowest BCUT2D eigenvalue weighted by atomic mass is 10.0. The van der Waals surface area contributed by atoms with Crippen LogP contribution in [0.5, 0.6) is 6.01 Å². The van der Waals surface area contributed by atoms with Crippen molar-refractivity contribution >= 4 is 11.9 Å². The van der Waals surface area contributed by atoms with Gasteiger partial charge >= 0.3 is 6.01 Å². The Labute approximate surface area is 113 Å². The number of nitrogens with zero attached hydrogens (tertiary/aromatic N) is 3. The van der Waals surface area contributed by atoms with Gasteiger partial charge in [0, 0.05) is 13.2 Å². The molecule has 0 saturated carbocycles. The topological polar surface area (TPSA) is 81.2 Å². The van der Waals surface area contributed by atoms with E-state index in [-0.39, 0.29) is 5.54 Å². The van der Waals surface area contributed by atoms with Gasteiger partial charge in [-0.05, 0) is 19.8 Å². The van der Waals surface area contributed by atoms with Gasteiger partial charge in [-0.1, -0.05) is 6.92 Å². The number of hydrogen-bond acceptors (Lipinski definition) is 7. The first kappa shape index (κ1) is 13.8. The van der Waals surface area contributed by atoms with Gasteiger partial charge in [-0.25, -0.2) is 0 Å². The molecule has 7 heteroatoms. The molecule has 2 heterocycles. The zero-order valence-electron chi connectivity index (χ0n) is 11.7. The summed E-state index contributed by atoms with van der Waals surface area (Å²) in [5, 5.41) is 6.43. The van der Waals surface area contributed by atoms with E-state index in [4.69, 9.17) is 9.47 Å². The highest BCUT2D eigenvalue weighted by atomic mass is 16.5. The second-order valence-corrected chi connectivity index (χ2v) is 4.88. The first-order valence-electron chi connectivity index (χ1n) is 6.55. The number of aromatic nitrogens is 3. The molecule has 106 valence electrons. The second kappa shape index (κ2) is 6.01. The number of rotatable bonds is 6. The summed E-state index contributed by atoms with van der Waals surface area (Å²) in [5.74, 6) is 1.04. The van der Waals surface area contributed by atoms with Crippen molar-refractivity contribution in [3.05, 3.63) is 0 Å². The maximum atomic E-state index is 5.40. The average Bonchev–Trinajstić information content (AvgIpc) is 2.82. The van der Waals surface area contributed by atoms with Crippen LogP contribution in [0.2, 0.25) is 0 Å². The van der Waals surface area contributed by atoms with E-state index < -0.39 is 0 Å². The Kier molecular flexibility index (Phi) is 4.36. The molecular formula is C12H21N5O2. The molecule has 1 aromatic rings. The predicted octanol–water partition coefficient (Wildman–Crippen LogP) is 1.29. The maximum Gasteiger partial charge on any atom is 0.322 e. The van der Waals surface area contributed by atoms with Crippen LogP contribution in [0.1, 0.15) is 26.7 Å². The Morgan fingerprint density at radius 1 is 1.32 bits per heavy atom. The number of nitrogens with one attached hydrogen (secondary N) is 2. The van der Waals surface area contributed by atoms with Gasteiger partial charge in [0.15, 0.2) is 0 Å². The van der Waals surface area contributed by atoms with Gasteiger partial charge in [-0.2, -0.15) is 15.0 Å². The van der Waals surface area contributed by atoms with Crippen LogP contribution in [-0.4, -0.2) is 47.4 Å². The Bertz CT molecular complexity index is 421. The van der Waals surface area contributed by atoms with Gasteiger partial charge in [0.1, 0.15) is 0 Å². The molecule has 0 aliphatic carbocycles. The van der Waals surface area contributed by atoms with E-state index in [2.05, 4.69) is 39.4 Å². The molecule has 1 unspecified atom stereocenters. The van der Waals surface area contributed by atoms with Crippen LogP contribution in [0, 0.1) is 0 Å². The molecule has 0 spiro atoms. The van der Waals surface area contributed by atoms with Crippen LogP contribution in [0.25, 0.3) is 0 Å². The van der Waals surface area contributed by atoms with Crippen LogP contribution in [0.15, 0.2) is 0 Å². The van der Waals surface area contributed by atoms with Crippen molar-refractivity contribution in [1.29, 1.82) is 0 Å². The van der Waals surface area contributed by atoms with E-state index in [9.17, 15) is 0 Å². The highest BCUT2D eigenvalue weighted by Gasteiger charge is 2.30. The molecule has 1 aliphatic heterocycles. The van der Waals surface area contributed by atoms with E-state index in [0.29, 0.717) is 24.5 Å². The summed E-state index contributed by atoms with van der Waals surface area (Å²) in [5.41, 5.74) is -0.131. The molecule has 1 aromatic heterocycles. The monoisotopic (exact) mass is 267 g/mol. The van der Waals surface area contributed by atoms with Gasteiger partial charge in [0.2, 0.25) is 11.9 Å². The van der Waals surface area contributed by atoms with Crippen molar-refractivity contribution < 1.29 is 9.47 Å². The van der Waals surface area contributed by atoms with Crippen LogP contribution in [0.3, 0.4) is 0 Å². The molecule has 1 atom stereocenters. The largest absolute Gasteiger partial charge is 0.467 e. The van der Waals surface area contributed by atoms with Crippen LogP contribution < -0.4 is 15.4 Å². The summed E-state index contributed by atoms with van der Waals surface area (Å²) in [6.45, 7) is 6.40. The normalized spacial score (nSPS) is 22.3. The molecule has 0 aromatic carbocycles. The van der Waals surface area contributed by atoms with Gasteiger partial charge in [0.25, 0.3) is 0 Å². The van der Waals surface area contributed by atoms with Crippen molar-refractivity contribution in [3.63, 3.8) is 0 Å². The molecule has 19 heavy (non-hydrogen) atoms. The lowest BCUT2D eigenvalue weighted by molar-refractivity contribution is 0.185. The minimum atomic E-state index is -0.131. The molecule has 1 aliphatic rings. The molecule has 1 fully saturated rings. The first-order chi connectivity index (χ1) is 9.15. The minimum absolute atomic E-state index is 0.131. The SMILES string of the molecule is CCCNc1nc(NC2(C)CCOC2)nc(OC)n1. The Balaban J connectivity index is 2.14. The highest BCUT2D eigenvalue weighted by molar-refractivity contribution is 5.38. The zero-order valence-corrected chi connectivity index (χ0v) is 11.7. The van der Waals surface area contributed by atoms with Crippen molar-refractivity contribution in [2.24, 2.45) is 0 Å². The van der Waals surface area contributed by atoms with Crippen LogP contribution in [-0.2, 0) is 4.74 Å². The molecular weight excluding hydrogens is 246 g/mol. The number of anilines is 2. The lowest BCUT2D eigenvalue weighted by Gasteiger charge is -2.23. The van der Waals surface area contributed by atoms with Gasteiger partial charge in [0.05, 0.1) is 19.3 Å². The summed E-state index contributed by atoms with van der Waals surface area (Å²) in [4.78, 5) is 12.7. The Hall–Kier alpha value is -1.63. The smallest absolute Gasteiger partial charge is 0.322 e. The molecule has 0 radical (unpaired) electrons. The fourth-order valence-corrected chi connectivity index (χ4v) is 1.86. The third-order valence-electron chi connectivity index (χ3n) is 2.96. The highest BCUT2D eigenvalue weighted by Crippen LogP contribution is 2.23. The van der Waals surface area contributed by atoms with Gasteiger partial charge < -0.3 is 20.1 Å². The summed E-state index contributed by atoms with van der Waals surface area (Å²) in [6.07, 6.45) is 1.93. The van der Waals surface area contributed by atoms with E-state index in [1.54, 1.807) is 7.11 Å². The summed E-state index contributed by atoms with van der Waals surface area (Å²) in [6, 6.07) is 0.304. The molecule has 2 N–H and O–H groups in total. The van der Waals surface area contributed by atoms with E-state index in [0.717, 1.165) is 26.0 Å². The maximum absolute atomic E-state index is 5.40. The summed E-state index contributed by atoms with van der Waals surface area (Å²) < 4.78 is 10.5. The quantitative estimate of drug-likeness (QED) is 0.803. The molecule has 0 bridgehead atoms. The van der Waals surface area contributed by atoms with Crippen molar-refractivity contribution in [1.82, 2.24) is 15.0 Å². The van der Waals surface area contributed by atoms with Gasteiger partial charge in [-0.15, -0.1) is 0 Å². The molecule has 7 nitrogen and oxygen atoms in total. The third-order valence-corrected chi connectivity index (χ3v) is 2.96. The standard InChI is InChI=1S/C12H21N5O2/c1-4-6-13-9-14-10(16-11(15-9)18-3)17-12(2)5-7-19-8-12/h4-8H2,1-3H3,(H2,13,14,15,16,17). The van der Waals surface area contributed by atoms with E-state index in [1.807, 2.05) is 0 Å². The summed E-state index contributed by atoms with van der Waals surface area (Å²) in [7, 11) is 1.54. The molecule has 2 rings (SSSR count). The number of ether oxygens (including phenoxy) is 2. The summed E-state index contributed by atoms with van der Waals surface area (Å²) >= 11 is 0. The fraction of sp³-hybridized carbons (Fsp3) is 0.750. The molecule has 0 amide bonds. The Morgan fingerprint density at radius 2 is 2.11 bits per heavy atom. The zero-order chi connectivity index (χ0) is 13.7. The second-order valence-electron chi connectivity index (χ2n) is 4.88. The lowest BCUT2D eigenvalue weighted by Crippen LogP contribution is -2.36. The van der Waals surface area contributed by atoms with Crippen LogP contribution >= 0.6 is 0 Å². The number of methoxy groups -OCH3 is 1. The Morgan fingerprint density at radius 3 is 2.74 bits per heavy atom. The van der Waals surface area contributed by atoms with Crippen molar-refractivity contribution in [2.45, 2.75) is 32.2 Å². The third kappa shape index (κ3) is 3.66. The van der Waals surface area contributed by atoms with Gasteiger partial charge in [-0.3, -0.25) is 0 Å². The molecule has 1 saturated heterocycles. The first-order valence-corrected chi connectivity index (χ1v) is 6.55. The number of hydrogen-bond donors (Lipinski definition) is 2. The van der Waals surface area contributed by atoms with E-state index in [1.165, 1.54) is 0 Å². The predicted molar refractivity (Wildman–Crippen MR) is 72.6 cm³/mol. The fourth-order valence-electron chi connectivity index (χ4n) is 1.86.